The average Bonchev–Trinajstić information content (AvgIpc) is 2.64. The molecule has 3 aromatic carbocycles. The molecule has 0 atom stereocenters. The normalized spacial score (nSPS) is 10.5. The number of benzene rings is 3. The Morgan fingerprint density at radius 2 is 1.73 bits per heavy atom. The van der Waals surface area contributed by atoms with E-state index in [2.05, 4.69) is 5.32 Å². The number of carbonyl (C=O) groups excluding carboxylic acids is 1. The lowest BCUT2D eigenvalue weighted by atomic mass is 10.1. The van der Waals surface area contributed by atoms with Crippen LogP contribution in [0.15, 0.2) is 60.7 Å². The smallest absolute Gasteiger partial charge is 0.258 e. The summed E-state index contributed by atoms with van der Waals surface area (Å²) < 4.78 is 11.2. The molecular formula is C20H17Cl2NO3. The highest BCUT2D eigenvalue weighted by molar-refractivity contribution is 6.35. The molecule has 0 aromatic heterocycles. The summed E-state index contributed by atoms with van der Waals surface area (Å²) in [6, 6.07) is 18.7. The van der Waals surface area contributed by atoms with Gasteiger partial charge in [0.15, 0.2) is 6.61 Å². The number of hydrogen-bond donors (Lipinski definition) is 1. The molecule has 3 aromatic rings. The van der Waals surface area contributed by atoms with Crippen LogP contribution in [0.3, 0.4) is 0 Å². The zero-order valence-electron chi connectivity index (χ0n) is 13.9. The first-order valence-electron chi connectivity index (χ1n) is 8.08. The van der Waals surface area contributed by atoms with E-state index in [0.717, 1.165) is 16.5 Å². The molecule has 0 saturated heterocycles. The summed E-state index contributed by atoms with van der Waals surface area (Å²) in [5.74, 6) is 0.956. The van der Waals surface area contributed by atoms with E-state index in [-0.39, 0.29) is 12.5 Å². The van der Waals surface area contributed by atoms with Crippen LogP contribution in [-0.2, 0) is 4.79 Å². The SMILES string of the molecule is O=C(COc1ccc(Cl)cc1Cl)NCCOc1cccc2ccccc12. The molecule has 0 aliphatic heterocycles. The topological polar surface area (TPSA) is 47.6 Å². The first kappa shape index (κ1) is 18.4. The maximum atomic E-state index is 11.9. The number of ether oxygens (including phenoxy) is 2. The molecule has 0 spiro atoms. The quantitative estimate of drug-likeness (QED) is 0.594. The van der Waals surface area contributed by atoms with Crippen molar-refractivity contribution in [1.29, 1.82) is 0 Å². The molecule has 134 valence electrons. The molecule has 0 unspecified atom stereocenters. The summed E-state index contributed by atoms with van der Waals surface area (Å²) >= 11 is 11.8. The van der Waals surface area contributed by atoms with Crippen molar-refractivity contribution in [2.24, 2.45) is 0 Å². The van der Waals surface area contributed by atoms with Crippen LogP contribution in [-0.4, -0.2) is 25.7 Å². The molecule has 26 heavy (non-hydrogen) atoms. The molecule has 0 fully saturated rings. The minimum Gasteiger partial charge on any atom is -0.491 e. The summed E-state index contributed by atoms with van der Waals surface area (Å²) in [5, 5.41) is 5.78. The van der Waals surface area contributed by atoms with Crippen LogP contribution in [0.5, 0.6) is 11.5 Å². The molecule has 0 radical (unpaired) electrons. The molecular weight excluding hydrogens is 373 g/mol. The monoisotopic (exact) mass is 389 g/mol. The molecule has 1 amide bonds. The van der Waals surface area contributed by atoms with Gasteiger partial charge in [-0.3, -0.25) is 4.79 Å². The maximum Gasteiger partial charge on any atom is 0.258 e. The summed E-state index contributed by atoms with van der Waals surface area (Å²) in [7, 11) is 0. The first-order chi connectivity index (χ1) is 12.6. The average molecular weight is 390 g/mol. The van der Waals surface area contributed by atoms with Gasteiger partial charge < -0.3 is 14.8 Å². The van der Waals surface area contributed by atoms with Crippen molar-refractivity contribution in [2.75, 3.05) is 19.8 Å². The molecule has 0 aliphatic rings. The third-order valence-electron chi connectivity index (χ3n) is 3.68. The van der Waals surface area contributed by atoms with E-state index in [1.165, 1.54) is 0 Å². The van der Waals surface area contributed by atoms with E-state index in [0.29, 0.717) is 28.9 Å². The van der Waals surface area contributed by atoms with Gasteiger partial charge >= 0.3 is 0 Å². The van der Waals surface area contributed by atoms with Crippen LogP contribution in [0.2, 0.25) is 10.0 Å². The first-order valence-corrected chi connectivity index (χ1v) is 8.84. The number of carbonyl (C=O) groups is 1. The highest BCUT2D eigenvalue weighted by Crippen LogP contribution is 2.27. The van der Waals surface area contributed by atoms with Crippen molar-refractivity contribution in [3.8, 4) is 11.5 Å². The largest absolute Gasteiger partial charge is 0.491 e. The molecule has 0 aliphatic carbocycles. The van der Waals surface area contributed by atoms with Crippen molar-refractivity contribution in [1.82, 2.24) is 5.32 Å². The summed E-state index contributed by atoms with van der Waals surface area (Å²) in [6.45, 7) is 0.608. The highest BCUT2D eigenvalue weighted by atomic mass is 35.5. The minimum absolute atomic E-state index is 0.129. The predicted octanol–water partition coefficient (Wildman–Crippen LogP) is 4.72. The van der Waals surface area contributed by atoms with Gasteiger partial charge in [-0.1, -0.05) is 59.6 Å². The van der Waals surface area contributed by atoms with Crippen molar-refractivity contribution in [2.45, 2.75) is 0 Å². The van der Waals surface area contributed by atoms with Gasteiger partial charge in [0, 0.05) is 10.4 Å². The Morgan fingerprint density at radius 1 is 0.923 bits per heavy atom. The third kappa shape index (κ3) is 4.81. The fourth-order valence-electron chi connectivity index (χ4n) is 2.46. The second-order valence-electron chi connectivity index (χ2n) is 5.54. The molecule has 0 saturated carbocycles. The lowest BCUT2D eigenvalue weighted by Crippen LogP contribution is -2.32. The number of nitrogens with one attached hydrogen (secondary N) is 1. The Kier molecular flexibility index (Phi) is 6.21. The maximum absolute atomic E-state index is 11.9. The summed E-state index contributed by atoms with van der Waals surface area (Å²) in [5.41, 5.74) is 0. The van der Waals surface area contributed by atoms with Crippen molar-refractivity contribution in [3.63, 3.8) is 0 Å². The molecule has 6 heteroatoms. The van der Waals surface area contributed by atoms with Gasteiger partial charge in [0.1, 0.15) is 18.1 Å². The fourth-order valence-corrected chi connectivity index (χ4v) is 2.92. The van der Waals surface area contributed by atoms with E-state index in [9.17, 15) is 4.79 Å². The van der Waals surface area contributed by atoms with Crippen molar-refractivity contribution >= 4 is 39.9 Å². The van der Waals surface area contributed by atoms with Gasteiger partial charge in [0.05, 0.1) is 11.6 Å². The number of hydrogen-bond acceptors (Lipinski definition) is 3. The standard InChI is InChI=1S/C20H17Cl2NO3/c21-15-8-9-19(17(22)12-15)26-13-20(24)23-10-11-25-18-7-3-5-14-4-1-2-6-16(14)18/h1-9,12H,10-11,13H2,(H,23,24). The van der Waals surface area contributed by atoms with Crippen LogP contribution in [0.4, 0.5) is 0 Å². The summed E-state index contributed by atoms with van der Waals surface area (Å²) in [4.78, 5) is 11.9. The zero-order chi connectivity index (χ0) is 18.4. The van der Waals surface area contributed by atoms with E-state index in [1.807, 2.05) is 42.5 Å². The van der Waals surface area contributed by atoms with Crippen molar-refractivity contribution < 1.29 is 14.3 Å². The van der Waals surface area contributed by atoms with Crippen molar-refractivity contribution in [3.05, 3.63) is 70.7 Å². The van der Waals surface area contributed by atoms with Gasteiger partial charge in [-0.05, 0) is 29.7 Å². The molecule has 3 rings (SSSR count). The highest BCUT2D eigenvalue weighted by Gasteiger charge is 2.07. The Bertz CT molecular complexity index is 909. The Balaban J connectivity index is 1.44. The number of rotatable bonds is 7. The van der Waals surface area contributed by atoms with Crippen LogP contribution < -0.4 is 14.8 Å². The Labute approximate surface area is 161 Å². The lowest BCUT2D eigenvalue weighted by Gasteiger charge is -2.11. The zero-order valence-corrected chi connectivity index (χ0v) is 15.4. The Hall–Kier alpha value is -2.43. The lowest BCUT2D eigenvalue weighted by molar-refractivity contribution is -0.123. The predicted molar refractivity (Wildman–Crippen MR) is 104 cm³/mol. The van der Waals surface area contributed by atoms with Gasteiger partial charge in [-0.15, -0.1) is 0 Å². The van der Waals surface area contributed by atoms with E-state index < -0.39 is 0 Å². The van der Waals surface area contributed by atoms with E-state index >= 15 is 0 Å². The molecule has 4 nitrogen and oxygen atoms in total. The molecule has 0 heterocycles. The second-order valence-corrected chi connectivity index (χ2v) is 6.38. The van der Waals surface area contributed by atoms with Gasteiger partial charge in [-0.25, -0.2) is 0 Å². The minimum atomic E-state index is -0.252. The van der Waals surface area contributed by atoms with Crippen LogP contribution >= 0.6 is 23.2 Å². The van der Waals surface area contributed by atoms with Gasteiger partial charge in [-0.2, -0.15) is 0 Å². The number of amides is 1. The molecule has 0 bridgehead atoms. The van der Waals surface area contributed by atoms with Gasteiger partial charge in [0.25, 0.3) is 5.91 Å². The van der Waals surface area contributed by atoms with Gasteiger partial charge in [0.2, 0.25) is 0 Å². The van der Waals surface area contributed by atoms with Crippen LogP contribution in [0.25, 0.3) is 10.8 Å². The second kappa shape index (κ2) is 8.79. The fraction of sp³-hybridized carbons (Fsp3) is 0.150. The number of fused-ring (bicyclic) bond motifs is 1. The Morgan fingerprint density at radius 3 is 2.58 bits per heavy atom. The number of halogens is 2. The van der Waals surface area contributed by atoms with E-state index in [1.54, 1.807) is 18.2 Å². The third-order valence-corrected chi connectivity index (χ3v) is 4.21. The molecule has 1 N–H and O–H groups in total. The summed E-state index contributed by atoms with van der Waals surface area (Å²) in [6.07, 6.45) is 0. The van der Waals surface area contributed by atoms with Crippen LogP contribution in [0, 0.1) is 0 Å². The van der Waals surface area contributed by atoms with E-state index in [4.69, 9.17) is 32.7 Å². The van der Waals surface area contributed by atoms with Crippen LogP contribution in [0.1, 0.15) is 0 Å².